The minimum atomic E-state index is 0.368. The van der Waals surface area contributed by atoms with Crippen molar-refractivity contribution in [2.45, 2.75) is 45.6 Å². The summed E-state index contributed by atoms with van der Waals surface area (Å²) < 4.78 is 2.09. The van der Waals surface area contributed by atoms with Crippen molar-refractivity contribution in [3.63, 3.8) is 0 Å². The van der Waals surface area contributed by atoms with E-state index < -0.39 is 0 Å². The van der Waals surface area contributed by atoms with Crippen LogP contribution in [0.4, 0.5) is 0 Å². The molecule has 4 heteroatoms. The van der Waals surface area contributed by atoms with Gasteiger partial charge in [-0.15, -0.1) is 0 Å². The van der Waals surface area contributed by atoms with Crippen LogP contribution < -0.4 is 0 Å². The van der Waals surface area contributed by atoms with Crippen LogP contribution in [0.25, 0.3) is 0 Å². The second-order valence-electron chi connectivity index (χ2n) is 5.24. The van der Waals surface area contributed by atoms with Crippen LogP contribution in [0.2, 0.25) is 0 Å². The molecule has 1 aromatic heterocycles. The number of piperidine rings is 1. The van der Waals surface area contributed by atoms with Crippen LogP contribution >= 0.6 is 0 Å². The molecule has 1 saturated heterocycles. The first-order chi connectivity index (χ1) is 8.69. The summed E-state index contributed by atoms with van der Waals surface area (Å²) >= 11 is 0. The van der Waals surface area contributed by atoms with Crippen LogP contribution in [0.15, 0.2) is 12.4 Å². The highest BCUT2D eigenvalue weighted by molar-refractivity contribution is 5.78. The number of carbonyl (C=O) groups excluding carboxylic acids is 1. The molecule has 1 aliphatic heterocycles. The van der Waals surface area contributed by atoms with Gasteiger partial charge in [-0.2, -0.15) is 5.10 Å². The van der Waals surface area contributed by atoms with Crippen LogP contribution in [0.1, 0.15) is 44.2 Å². The number of aryl methyl sites for hydroxylation is 1. The smallest absolute Gasteiger partial charge is 0.133 e. The predicted octanol–water partition coefficient (Wildman–Crippen LogP) is 2.20. The SMILES string of the molecule is CCC(=O)CCN1CCCC(n2cc(C)cn2)C1. The van der Waals surface area contributed by atoms with Crippen LogP contribution in [-0.2, 0) is 4.79 Å². The number of nitrogens with zero attached hydrogens (tertiary/aromatic N) is 3. The molecule has 0 aliphatic carbocycles. The van der Waals surface area contributed by atoms with Crippen molar-refractivity contribution in [2.24, 2.45) is 0 Å². The van der Waals surface area contributed by atoms with E-state index in [1.165, 1.54) is 18.4 Å². The average Bonchev–Trinajstić information content (AvgIpc) is 2.83. The van der Waals surface area contributed by atoms with Crippen LogP contribution in [0.5, 0.6) is 0 Å². The maximum absolute atomic E-state index is 11.4. The van der Waals surface area contributed by atoms with E-state index in [1.54, 1.807) is 0 Å². The Morgan fingerprint density at radius 2 is 2.39 bits per heavy atom. The summed E-state index contributed by atoms with van der Waals surface area (Å²) in [6.45, 7) is 7.06. The minimum Gasteiger partial charge on any atom is -0.301 e. The lowest BCUT2D eigenvalue weighted by Crippen LogP contribution is -2.37. The number of carbonyl (C=O) groups is 1. The third-order valence-electron chi connectivity index (χ3n) is 3.69. The Morgan fingerprint density at radius 3 is 3.06 bits per heavy atom. The van der Waals surface area contributed by atoms with Gasteiger partial charge >= 0.3 is 0 Å². The predicted molar refractivity (Wildman–Crippen MR) is 71.6 cm³/mol. The number of likely N-dealkylation sites (tertiary alicyclic amines) is 1. The number of hydrogen-bond donors (Lipinski definition) is 0. The van der Waals surface area contributed by atoms with Gasteiger partial charge in [0.2, 0.25) is 0 Å². The fourth-order valence-electron chi connectivity index (χ4n) is 2.54. The molecule has 2 rings (SSSR count). The molecule has 1 unspecified atom stereocenters. The maximum Gasteiger partial charge on any atom is 0.133 e. The topological polar surface area (TPSA) is 38.1 Å². The van der Waals surface area contributed by atoms with E-state index in [0.29, 0.717) is 24.7 Å². The molecule has 2 heterocycles. The summed E-state index contributed by atoms with van der Waals surface area (Å²) in [4.78, 5) is 13.8. The Morgan fingerprint density at radius 1 is 1.56 bits per heavy atom. The van der Waals surface area contributed by atoms with Crippen molar-refractivity contribution in [1.82, 2.24) is 14.7 Å². The van der Waals surface area contributed by atoms with Gasteiger partial charge < -0.3 is 4.90 Å². The largest absolute Gasteiger partial charge is 0.301 e. The Kier molecular flexibility index (Phi) is 4.53. The molecule has 1 fully saturated rings. The minimum absolute atomic E-state index is 0.368. The molecule has 0 saturated carbocycles. The molecule has 0 spiro atoms. The quantitative estimate of drug-likeness (QED) is 0.803. The Labute approximate surface area is 109 Å². The Bertz CT molecular complexity index is 399. The molecule has 1 aliphatic rings. The van der Waals surface area contributed by atoms with E-state index in [9.17, 15) is 4.79 Å². The van der Waals surface area contributed by atoms with Crippen LogP contribution in [0, 0.1) is 6.92 Å². The summed E-state index contributed by atoms with van der Waals surface area (Å²) in [5.41, 5.74) is 1.22. The number of ketones is 1. The van der Waals surface area contributed by atoms with E-state index in [0.717, 1.165) is 19.6 Å². The van der Waals surface area contributed by atoms with Crippen LogP contribution in [-0.4, -0.2) is 40.1 Å². The number of aromatic nitrogens is 2. The zero-order valence-corrected chi connectivity index (χ0v) is 11.4. The Balaban J connectivity index is 1.86. The maximum atomic E-state index is 11.4. The van der Waals surface area contributed by atoms with Gasteiger partial charge in [0.05, 0.1) is 12.2 Å². The number of hydrogen-bond acceptors (Lipinski definition) is 3. The lowest BCUT2D eigenvalue weighted by atomic mass is 10.1. The summed E-state index contributed by atoms with van der Waals surface area (Å²) in [7, 11) is 0. The summed E-state index contributed by atoms with van der Waals surface area (Å²) in [6, 6.07) is 0.476. The lowest BCUT2D eigenvalue weighted by molar-refractivity contribution is -0.119. The summed E-state index contributed by atoms with van der Waals surface area (Å²) in [6.07, 6.45) is 7.78. The van der Waals surface area contributed by atoms with E-state index in [-0.39, 0.29) is 0 Å². The monoisotopic (exact) mass is 249 g/mol. The van der Waals surface area contributed by atoms with E-state index in [4.69, 9.17) is 0 Å². The first-order valence-corrected chi connectivity index (χ1v) is 6.94. The fourth-order valence-corrected chi connectivity index (χ4v) is 2.54. The molecule has 0 bridgehead atoms. The molecule has 0 aromatic carbocycles. The zero-order chi connectivity index (χ0) is 13.0. The molecule has 100 valence electrons. The highest BCUT2D eigenvalue weighted by atomic mass is 16.1. The molecule has 0 radical (unpaired) electrons. The second kappa shape index (κ2) is 6.14. The number of Topliss-reactive ketones (excluding diaryl/α,β-unsaturated/α-hetero) is 1. The van der Waals surface area contributed by atoms with Crippen molar-refractivity contribution < 1.29 is 4.79 Å². The molecular formula is C14H23N3O. The van der Waals surface area contributed by atoms with Gasteiger partial charge in [-0.25, -0.2) is 0 Å². The third kappa shape index (κ3) is 3.42. The van der Waals surface area contributed by atoms with E-state index >= 15 is 0 Å². The standard InChI is InChI=1S/C14H23N3O/c1-3-14(18)6-8-16-7-4-5-13(11-16)17-10-12(2)9-15-17/h9-10,13H,3-8,11H2,1-2H3. The molecule has 1 atom stereocenters. The molecule has 18 heavy (non-hydrogen) atoms. The normalized spacial score (nSPS) is 21.1. The van der Waals surface area contributed by atoms with Crippen molar-refractivity contribution in [3.8, 4) is 0 Å². The van der Waals surface area contributed by atoms with Crippen LogP contribution in [0.3, 0.4) is 0 Å². The fraction of sp³-hybridized carbons (Fsp3) is 0.714. The molecular weight excluding hydrogens is 226 g/mol. The molecule has 0 amide bonds. The van der Waals surface area contributed by atoms with Gasteiger partial charge in [0.15, 0.2) is 0 Å². The summed E-state index contributed by atoms with van der Waals surface area (Å²) in [5.74, 6) is 0.368. The molecule has 0 N–H and O–H groups in total. The van der Waals surface area contributed by atoms with Gasteiger partial charge in [-0.1, -0.05) is 6.92 Å². The number of rotatable bonds is 5. The van der Waals surface area contributed by atoms with Gasteiger partial charge in [0.25, 0.3) is 0 Å². The van der Waals surface area contributed by atoms with Crippen molar-refractivity contribution in [2.75, 3.05) is 19.6 Å². The molecule has 1 aromatic rings. The zero-order valence-electron chi connectivity index (χ0n) is 11.4. The second-order valence-corrected chi connectivity index (χ2v) is 5.24. The van der Waals surface area contributed by atoms with Gasteiger partial charge in [0, 0.05) is 32.1 Å². The lowest BCUT2D eigenvalue weighted by Gasteiger charge is -2.32. The summed E-state index contributed by atoms with van der Waals surface area (Å²) in [5, 5.41) is 4.41. The first-order valence-electron chi connectivity index (χ1n) is 6.94. The average molecular weight is 249 g/mol. The van der Waals surface area contributed by atoms with E-state index in [2.05, 4.69) is 27.8 Å². The molecule has 4 nitrogen and oxygen atoms in total. The van der Waals surface area contributed by atoms with E-state index in [1.807, 2.05) is 13.1 Å². The van der Waals surface area contributed by atoms with Crippen molar-refractivity contribution in [3.05, 3.63) is 18.0 Å². The third-order valence-corrected chi connectivity index (χ3v) is 3.69. The van der Waals surface area contributed by atoms with Gasteiger partial charge in [-0.05, 0) is 31.9 Å². The van der Waals surface area contributed by atoms with Gasteiger partial charge in [0.1, 0.15) is 5.78 Å². The highest BCUT2D eigenvalue weighted by Gasteiger charge is 2.21. The van der Waals surface area contributed by atoms with Crippen molar-refractivity contribution in [1.29, 1.82) is 0 Å². The first kappa shape index (κ1) is 13.3. The van der Waals surface area contributed by atoms with Gasteiger partial charge in [-0.3, -0.25) is 9.48 Å². The highest BCUT2D eigenvalue weighted by Crippen LogP contribution is 2.21. The van der Waals surface area contributed by atoms with Crippen molar-refractivity contribution >= 4 is 5.78 Å². The Hall–Kier alpha value is -1.16.